The topological polar surface area (TPSA) is 35.2 Å². The smallest absolute Gasteiger partial charge is 0.130 e. The zero-order valence-electron chi connectivity index (χ0n) is 9.14. The minimum absolute atomic E-state index is 0.205. The number of rotatable bonds is 3. The Morgan fingerprint density at radius 3 is 2.60 bits per heavy atom. The zero-order valence-corrected chi connectivity index (χ0v) is 9.14. The predicted octanol–water partition coefficient (Wildman–Crippen LogP) is 2.34. The van der Waals surface area contributed by atoms with Gasteiger partial charge in [0.1, 0.15) is 11.6 Å². The van der Waals surface area contributed by atoms with Crippen LogP contribution in [-0.4, -0.2) is 7.11 Å². The van der Waals surface area contributed by atoms with E-state index in [0.717, 1.165) is 18.4 Å². The molecule has 0 bridgehead atoms. The maximum Gasteiger partial charge on any atom is 0.130 e. The van der Waals surface area contributed by atoms with Gasteiger partial charge in [0.05, 0.1) is 7.11 Å². The highest BCUT2D eigenvalue weighted by atomic mass is 19.1. The Morgan fingerprint density at radius 2 is 2.13 bits per heavy atom. The van der Waals surface area contributed by atoms with Crippen molar-refractivity contribution in [2.75, 3.05) is 7.11 Å². The van der Waals surface area contributed by atoms with E-state index in [-0.39, 0.29) is 11.4 Å². The Morgan fingerprint density at radius 1 is 1.47 bits per heavy atom. The van der Waals surface area contributed by atoms with Crippen LogP contribution in [-0.2, 0) is 12.0 Å². The highest BCUT2D eigenvalue weighted by molar-refractivity contribution is 5.43. The Labute approximate surface area is 89.2 Å². The minimum atomic E-state index is -0.305. The monoisotopic (exact) mass is 209 g/mol. The Balaban J connectivity index is 2.48. The molecule has 0 unspecified atom stereocenters. The van der Waals surface area contributed by atoms with E-state index in [1.54, 1.807) is 13.2 Å². The van der Waals surface area contributed by atoms with Crippen molar-refractivity contribution in [1.29, 1.82) is 0 Å². The van der Waals surface area contributed by atoms with Crippen molar-refractivity contribution in [3.63, 3.8) is 0 Å². The molecule has 0 radical (unpaired) electrons. The Kier molecular flexibility index (Phi) is 2.43. The van der Waals surface area contributed by atoms with Crippen molar-refractivity contribution in [3.05, 3.63) is 29.1 Å². The number of benzene rings is 1. The van der Waals surface area contributed by atoms with E-state index in [1.807, 2.05) is 13.0 Å². The van der Waals surface area contributed by atoms with Crippen LogP contribution in [0.15, 0.2) is 12.1 Å². The van der Waals surface area contributed by atoms with Gasteiger partial charge in [0.15, 0.2) is 0 Å². The highest BCUT2D eigenvalue weighted by Crippen LogP contribution is 2.44. The summed E-state index contributed by atoms with van der Waals surface area (Å²) in [5.41, 5.74) is 7.21. The number of ether oxygens (including phenoxy) is 1. The first-order valence-corrected chi connectivity index (χ1v) is 5.26. The van der Waals surface area contributed by atoms with Crippen LogP contribution >= 0.6 is 0 Å². The molecular formula is C12H16FNO. The van der Waals surface area contributed by atoms with E-state index in [2.05, 4.69) is 0 Å². The van der Waals surface area contributed by atoms with Crippen LogP contribution < -0.4 is 10.5 Å². The molecule has 2 nitrogen and oxygen atoms in total. The average molecular weight is 209 g/mol. The van der Waals surface area contributed by atoms with E-state index in [0.29, 0.717) is 17.7 Å². The van der Waals surface area contributed by atoms with Gasteiger partial charge in [-0.1, -0.05) is 6.92 Å². The molecule has 0 spiro atoms. The van der Waals surface area contributed by atoms with E-state index in [9.17, 15) is 4.39 Å². The SMILES string of the molecule is CCc1c(F)cc(C2(N)CC2)cc1OC. The molecule has 0 atom stereocenters. The average Bonchev–Trinajstić information content (AvgIpc) is 2.96. The molecule has 1 fully saturated rings. The fraction of sp³-hybridized carbons (Fsp3) is 0.500. The molecule has 1 aliphatic rings. The van der Waals surface area contributed by atoms with Crippen LogP contribution in [0.25, 0.3) is 0 Å². The van der Waals surface area contributed by atoms with Gasteiger partial charge in [-0.2, -0.15) is 0 Å². The molecule has 1 aliphatic carbocycles. The molecule has 82 valence electrons. The number of nitrogens with two attached hydrogens (primary N) is 1. The molecular weight excluding hydrogens is 193 g/mol. The van der Waals surface area contributed by atoms with Crippen molar-refractivity contribution in [2.45, 2.75) is 31.7 Å². The molecule has 1 aromatic rings. The lowest BCUT2D eigenvalue weighted by Gasteiger charge is -2.14. The fourth-order valence-corrected chi connectivity index (χ4v) is 1.85. The number of halogens is 1. The summed E-state index contributed by atoms with van der Waals surface area (Å²) in [6, 6.07) is 3.42. The molecule has 1 aromatic carbocycles. The van der Waals surface area contributed by atoms with Crippen LogP contribution in [0.2, 0.25) is 0 Å². The van der Waals surface area contributed by atoms with Crippen molar-refractivity contribution in [3.8, 4) is 5.75 Å². The summed E-state index contributed by atoms with van der Waals surface area (Å²) in [6.45, 7) is 1.91. The summed E-state index contributed by atoms with van der Waals surface area (Å²) in [6.07, 6.45) is 2.50. The van der Waals surface area contributed by atoms with E-state index < -0.39 is 0 Å². The van der Waals surface area contributed by atoms with Crippen molar-refractivity contribution < 1.29 is 9.13 Å². The van der Waals surface area contributed by atoms with E-state index in [4.69, 9.17) is 10.5 Å². The molecule has 3 heteroatoms. The van der Waals surface area contributed by atoms with Crippen LogP contribution in [0.1, 0.15) is 30.9 Å². The zero-order chi connectivity index (χ0) is 11.1. The fourth-order valence-electron chi connectivity index (χ4n) is 1.85. The summed E-state index contributed by atoms with van der Waals surface area (Å²) in [4.78, 5) is 0. The second-order valence-corrected chi connectivity index (χ2v) is 4.15. The lowest BCUT2D eigenvalue weighted by atomic mass is 10.0. The van der Waals surface area contributed by atoms with Gasteiger partial charge in [-0.3, -0.25) is 0 Å². The molecule has 0 aromatic heterocycles. The van der Waals surface area contributed by atoms with E-state index >= 15 is 0 Å². The highest BCUT2D eigenvalue weighted by Gasteiger charge is 2.40. The molecule has 15 heavy (non-hydrogen) atoms. The Hall–Kier alpha value is -1.09. The first-order valence-electron chi connectivity index (χ1n) is 5.26. The summed E-state index contributed by atoms with van der Waals surface area (Å²) in [7, 11) is 1.56. The van der Waals surface area contributed by atoms with Gasteiger partial charge in [-0.05, 0) is 37.0 Å². The third kappa shape index (κ3) is 1.72. The minimum Gasteiger partial charge on any atom is -0.496 e. The number of methoxy groups -OCH3 is 1. The van der Waals surface area contributed by atoms with Crippen LogP contribution in [0.5, 0.6) is 5.75 Å². The first-order chi connectivity index (χ1) is 7.10. The van der Waals surface area contributed by atoms with E-state index in [1.165, 1.54) is 0 Å². The van der Waals surface area contributed by atoms with Gasteiger partial charge >= 0.3 is 0 Å². The first kappa shape index (κ1) is 10.4. The van der Waals surface area contributed by atoms with Gasteiger partial charge in [-0.25, -0.2) is 4.39 Å². The third-order valence-corrected chi connectivity index (χ3v) is 3.09. The maximum atomic E-state index is 13.7. The number of hydrogen-bond acceptors (Lipinski definition) is 2. The standard InChI is InChI=1S/C12H16FNO/c1-3-9-10(13)6-8(7-11(9)15-2)12(14)4-5-12/h6-7H,3-5,14H2,1-2H3. The van der Waals surface area contributed by atoms with Crippen LogP contribution in [0, 0.1) is 5.82 Å². The summed E-state index contributed by atoms with van der Waals surface area (Å²) in [5.74, 6) is 0.410. The largest absolute Gasteiger partial charge is 0.496 e. The van der Waals surface area contributed by atoms with Gasteiger partial charge in [-0.15, -0.1) is 0 Å². The van der Waals surface area contributed by atoms with Gasteiger partial charge in [0.2, 0.25) is 0 Å². The maximum absolute atomic E-state index is 13.7. The van der Waals surface area contributed by atoms with Crippen molar-refractivity contribution in [1.82, 2.24) is 0 Å². The van der Waals surface area contributed by atoms with Crippen molar-refractivity contribution >= 4 is 0 Å². The lowest BCUT2D eigenvalue weighted by molar-refractivity contribution is 0.403. The molecule has 2 N–H and O–H groups in total. The second-order valence-electron chi connectivity index (χ2n) is 4.15. The van der Waals surface area contributed by atoms with Gasteiger partial charge in [0, 0.05) is 11.1 Å². The van der Waals surface area contributed by atoms with Gasteiger partial charge < -0.3 is 10.5 Å². The molecule has 0 heterocycles. The van der Waals surface area contributed by atoms with Gasteiger partial charge in [0.25, 0.3) is 0 Å². The summed E-state index contributed by atoms with van der Waals surface area (Å²) >= 11 is 0. The van der Waals surface area contributed by atoms with Crippen LogP contribution in [0.3, 0.4) is 0 Å². The molecule has 0 amide bonds. The molecule has 0 saturated heterocycles. The molecule has 0 aliphatic heterocycles. The number of hydrogen-bond donors (Lipinski definition) is 1. The molecule has 2 rings (SSSR count). The lowest BCUT2D eigenvalue weighted by Crippen LogP contribution is -2.19. The molecule has 1 saturated carbocycles. The predicted molar refractivity (Wildman–Crippen MR) is 57.4 cm³/mol. The third-order valence-electron chi connectivity index (χ3n) is 3.09. The normalized spacial score (nSPS) is 17.6. The quantitative estimate of drug-likeness (QED) is 0.829. The second kappa shape index (κ2) is 3.49. The van der Waals surface area contributed by atoms with Crippen molar-refractivity contribution in [2.24, 2.45) is 5.73 Å². The Bertz CT molecular complexity index is 385. The van der Waals surface area contributed by atoms with Crippen LogP contribution in [0.4, 0.5) is 4.39 Å². The summed E-state index contributed by atoms with van der Waals surface area (Å²) in [5, 5.41) is 0. The summed E-state index contributed by atoms with van der Waals surface area (Å²) < 4.78 is 18.9.